The van der Waals surface area contributed by atoms with Crippen molar-refractivity contribution in [1.29, 1.82) is 0 Å². The number of hydrogen-bond acceptors (Lipinski definition) is 5. The summed E-state index contributed by atoms with van der Waals surface area (Å²) in [7, 11) is 1.64. The van der Waals surface area contributed by atoms with E-state index in [0.717, 1.165) is 24.5 Å². The number of nitrogen functional groups attached to an aromatic ring is 1. The van der Waals surface area contributed by atoms with Gasteiger partial charge in [-0.25, -0.2) is 9.97 Å². The monoisotopic (exact) mass is 465 g/mol. The van der Waals surface area contributed by atoms with Crippen LogP contribution in [0, 0.1) is 3.57 Å². The van der Waals surface area contributed by atoms with Crippen molar-refractivity contribution in [2.45, 2.75) is 17.3 Å². The first-order valence-corrected chi connectivity index (χ1v) is 8.64. The van der Waals surface area contributed by atoms with Crippen molar-refractivity contribution in [2.24, 2.45) is 0 Å². The highest BCUT2D eigenvalue weighted by Crippen LogP contribution is 2.29. The number of anilines is 1. The molecule has 0 saturated carbocycles. The van der Waals surface area contributed by atoms with Gasteiger partial charge in [-0.05, 0) is 50.7 Å². The van der Waals surface area contributed by atoms with E-state index in [1.165, 1.54) is 0 Å². The molecular formula is C13H13BrIN3OS. The standard InChI is InChI=1S/C13H13BrIN3OS/c1-19-6-9-12(15)13(16)18-11(17-9)7-20-10-5-3-2-4-8(10)14/h2-5H,6-7H2,1H3,(H2,16,17,18). The summed E-state index contributed by atoms with van der Waals surface area (Å²) in [5.41, 5.74) is 6.75. The Balaban J connectivity index is 2.16. The molecule has 2 rings (SSSR count). The molecule has 7 heteroatoms. The Hall–Kier alpha value is -0.380. The first-order valence-electron chi connectivity index (χ1n) is 5.79. The van der Waals surface area contributed by atoms with Gasteiger partial charge in [0.05, 0.1) is 21.6 Å². The van der Waals surface area contributed by atoms with Gasteiger partial charge in [-0.15, -0.1) is 11.8 Å². The predicted octanol–water partition coefficient (Wildman–Crippen LogP) is 3.86. The van der Waals surface area contributed by atoms with Crippen molar-refractivity contribution < 1.29 is 4.74 Å². The molecular weight excluding hydrogens is 453 g/mol. The molecule has 1 heterocycles. The van der Waals surface area contributed by atoms with Gasteiger partial charge in [-0.3, -0.25) is 0 Å². The Kier molecular flexibility index (Phi) is 6.06. The summed E-state index contributed by atoms with van der Waals surface area (Å²) < 4.78 is 7.07. The molecule has 20 heavy (non-hydrogen) atoms. The third-order valence-corrected chi connectivity index (χ3v) is 5.66. The molecule has 1 aromatic heterocycles. The van der Waals surface area contributed by atoms with Crippen LogP contribution in [0.1, 0.15) is 11.5 Å². The van der Waals surface area contributed by atoms with E-state index in [1.54, 1.807) is 18.9 Å². The predicted molar refractivity (Wildman–Crippen MR) is 93.6 cm³/mol. The third kappa shape index (κ3) is 4.06. The Morgan fingerprint density at radius 2 is 2.10 bits per heavy atom. The fraction of sp³-hybridized carbons (Fsp3) is 0.231. The van der Waals surface area contributed by atoms with E-state index in [9.17, 15) is 0 Å². The lowest BCUT2D eigenvalue weighted by molar-refractivity contribution is 0.180. The number of thioether (sulfide) groups is 1. The van der Waals surface area contributed by atoms with Gasteiger partial charge in [0.25, 0.3) is 0 Å². The Labute approximate surface area is 144 Å². The molecule has 0 atom stereocenters. The second-order valence-corrected chi connectivity index (χ2v) is 6.89. The summed E-state index contributed by atoms with van der Waals surface area (Å²) in [4.78, 5) is 9.99. The van der Waals surface area contributed by atoms with Crippen molar-refractivity contribution in [3.63, 3.8) is 0 Å². The maximum Gasteiger partial charge on any atom is 0.141 e. The molecule has 106 valence electrons. The molecule has 2 aromatic rings. The van der Waals surface area contributed by atoms with Gasteiger partial charge in [-0.1, -0.05) is 12.1 Å². The fourth-order valence-electron chi connectivity index (χ4n) is 1.57. The maximum absolute atomic E-state index is 5.92. The number of benzene rings is 1. The minimum absolute atomic E-state index is 0.442. The molecule has 4 nitrogen and oxygen atoms in total. The van der Waals surface area contributed by atoms with E-state index in [1.807, 2.05) is 18.2 Å². The van der Waals surface area contributed by atoms with Crippen LogP contribution in [0.5, 0.6) is 0 Å². The zero-order chi connectivity index (χ0) is 14.5. The van der Waals surface area contributed by atoms with E-state index in [0.29, 0.717) is 18.2 Å². The normalized spacial score (nSPS) is 10.8. The molecule has 0 spiro atoms. The minimum atomic E-state index is 0.442. The summed E-state index contributed by atoms with van der Waals surface area (Å²) in [6.45, 7) is 0.442. The lowest BCUT2D eigenvalue weighted by atomic mass is 10.4. The largest absolute Gasteiger partial charge is 0.383 e. The highest BCUT2D eigenvalue weighted by atomic mass is 127. The first kappa shape index (κ1) is 16.0. The van der Waals surface area contributed by atoms with Crippen LogP contribution in [0.15, 0.2) is 33.6 Å². The van der Waals surface area contributed by atoms with Crippen LogP contribution < -0.4 is 5.73 Å². The number of aromatic nitrogens is 2. The van der Waals surface area contributed by atoms with E-state index < -0.39 is 0 Å². The van der Waals surface area contributed by atoms with Gasteiger partial charge in [0.15, 0.2) is 0 Å². The summed E-state index contributed by atoms with van der Waals surface area (Å²) >= 11 is 7.34. The van der Waals surface area contributed by atoms with Gasteiger partial charge >= 0.3 is 0 Å². The van der Waals surface area contributed by atoms with E-state index >= 15 is 0 Å². The molecule has 1 aromatic carbocycles. The highest BCUT2D eigenvalue weighted by Gasteiger charge is 2.10. The van der Waals surface area contributed by atoms with Crippen molar-refractivity contribution in [2.75, 3.05) is 12.8 Å². The summed E-state index contributed by atoms with van der Waals surface area (Å²) in [6, 6.07) is 8.07. The Morgan fingerprint density at radius 3 is 2.80 bits per heavy atom. The molecule has 2 N–H and O–H groups in total. The average molecular weight is 466 g/mol. The smallest absolute Gasteiger partial charge is 0.141 e. The molecule has 0 unspecified atom stereocenters. The Morgan fingerprint density at radius 1 is 1.35 bits per heavy atom. The number of nitrogens with zero attached hydrogens (tertiary/aromatic N) is 2. The number of rotatable bonds is 5. The highest BCUT2D eigenvalue weighted by molar-refractivity contribution is 14.1. The first-order chi connectivity index (χ1) is 9.61. The summed E-state index contributed by atoms with van der Waals surface area (Å²) in [5.74, 6) is 1.89. The van der Waals surface area contributed by atoms with E-state index in [4.69, 9.17) is 10.5 Å². The molecule has 0 aliphatic heterocycles. The van der Waals surface area contributed by atoms with Crippen molar-refractivity contribution in [3.05, 3.63) is 43.8 Å². The summed E-state index contributed by atoms with van der Waals surface area (Å²) in [5, 5.41) is 0. The lowest BCUT2D eigenvalue weighted by Crippen LogP contribution is -2.07. The molecule has 0 amide bonds. The molecule has 0 radical (unpaired) electrons. The lowest BCUT2D eigenvalue weighted by Gasteiger charge is -2.08. The number of nitrogens with two attached hydrogens (primary N) is 1. The van der Waals surface area contributed by atoms with Gasteiger partial charge in [0, 0.05) is 16.5 Å². The zero-order valence-electron chi connectivity index (χ0n) is 10.8. The van der Waals surface area contributed by atoms with Crippen LogP contribution in [0.3, 0.4) is 0 Å². The van der Waals surface area contributed by atoms with Crippen LogP contribution in [0.25, 0.3) is 0 Å². The number of methoxy groups -OCH3 is 1. The molecule has 0 aliphatic carbocycles. The van der Waals surface area contributed by atoms with Crippen LogP contribution >= 0.6 is 50.3 Å². The zero-order valence-corrected chi connectivity index (χ0v) is 15.3. The Bertz CT molecular complexity index is 612. The van der Waals surface area contributed by atoms with Gasteiger partial charge < -0.3 is 10.5 Å². The van der Waals surface area contributed by atoms with Crippen LogP contribution in [0.2, 0.25) is 0 Å². The van der Waals surface area contributed by atoms with Crippen molar-refractivity contribution in [3.8, 4) is 0 Å². The van der Waals surface area contributed by atoms with E-state index in [-0.39, 0.29) is 0 Å². The SMILES string of the molecule is COCc1nc(CSc2ccccc2Br)nc(N)c1I. The molecule has 0 aliphatic rings. The minimum Gasteiger partial charge on any atom is -0.383 e. The number of halogens is 2. The van der Waals surface area contributed by atoms with E-state index in [2.05, 4.69) is 54.6 Å². The van der Waals surface area contributed by atoms with Gasteiger partial charge in [0.1, 0.15) is 11.6 Å². The molecule has 0 bridgehead atoms. The number of ether oxygens (including phenoxy) is 1. The second-order valence-electron chi connectivity index (χ2n) is 3.94. The molecule has 0 fully saturated rings. The average Bonchev–Trinajstić information content (AvgIpc) is 2.43. The third-order valence-electron chi connectivity index (χ3n) is 2.47. The van der Waals surface area contributed by atoms with Gasteiger partial charge in [0.2, 0.25) is 0 Å². The quantitative estimate of drug-likeness (QED) is 0.536. The van der Waals surface area contributed by atoms with Crippen molar-refractivity contribution in [1.82, 2.24) is 9.97 Å². The van der Waals surface area contributed by atoms with Crippen LogP contribution in [-0.4, -0.2) is 17.1 Å². The topological polar surface area (TPSA) is 61.0 Å². The van der Waals surface area contributed by atoms with Crippen LogP contribution in [0.4, 0.5) is 5.82 Å². The van der Waals surface area contributed by atoms with Gasteiger partial charge in [-0.2, -0.15) is 0 Å². The second kappa shape index (κ2) is 7.58. The fourth-order valence-corrected chi connectivity index (χ4v) is 3.39. The maximum atomic E-state index is 5.92. The van der Waals surface area contributed by atoms with Crippen molar-refractivity contribution >= 4 is 56.1 Å². The molecule has 0 saturated heterocycles. The number of hydrogen-bond donors (Lipinski definition) is 1. The summed E-state index contributed by atoms with van der Waals surface area (Å²) in [6.07, 6.45) is 0. The van der Waals surface area contributed by atoms with Crippen LogP contribution in [-0.2, 0) is 17.1 Å².